The number of halogens is 1. The molecule has 0 aromatic heterocycles. The molecule has 0 spiro atoms. The summed E-state index contributed by atoms with van der Waals surface area (Å²) in [4.78, 5) is 22.0. The fourth-order valence-corrected chi connectivity index (χ4v) is 2.81. The Kier molecular flexibility index (Phi) is 4.91. The van der Waals surface area contributed by atoms with Crippen LogP contribution in [-0.4, -0.2) is 33.6 Å². The fraction of sp³-hybridized carbons (Fsp3) is 0.167. The fourth-order valence-electron chi connectivity index (χ4n) is 1.48. The van der Waals surface area contributed by atoms with Crippen LogP contribution in [0.2, 0.25) is 0 Å². The maximum Gasteiger partial charge on any atom is 0.305 e. The molecule has 1 aromatic carbocycles. The molecule has 1 amide bonds. The SMILES string of the molecule is O=C(O)C[C@H]1S/C(=N/N=C/c2cccc(Br)c2)NC1=O. The number of thioether (sulfide) groups is 1. The Bertz CT molecular complexity index is 603. The van der Waals surface area contributed by atoms with Crippen molar-refractivity contribution in [1.82, 2.24) is 5.32 Å². The van der Waals surface area contributed by atoms with Gasteiger partial charge in [-0.15, -0.1) is 5.10 Å². The summed E-state index contributed by atoms with van der Waals surface area (Å²) < 4.78 is 0.930. The quantitative estimate of drug-likeness (QED) is 0.636. The van der Waals surface area contributed by atoms with Gasteiger partial charge in [0.25, 0.3) is 0 Å². The number of amidine groups is 1. The van der Waals surface area contributed by atoms with Gasteiger partial charge in [0.15, 0.2) is 5.17 Å². The molecule has 1 heterocycles. The van der Waals surface area contributed by atoms with Crippen molar-refractivity contribution >= 4 is 51.0 Å². The molecular weight excluding hydrogens is 346 g/mol. The Morgan fingerprint density at radius 3 is 3.05 bits per heavy atom. The number of hydrogen-bond acceptors (Lipinski definition) is 5. The third kappa shape index (κ3) is 4.17. The number of benzene rings is 1. The van der Waals surface area contributed by atoms with Gasteiger partial charge in [0.05, 0.1) is 12.6 Å². The van der Waals surface area contributed by atoms with Crippen molar-refractivity contribution in [2.75, 3.05) is 0 Å². The Hall–Kier alpha value is -1.67. The van der Waals surface area contributed by atoms with Gasteiger partial charge in [-0.05, 0) is 17.7 Å². The van der Waals surface area contributed by atoms with Gasteiger partial charge in [-0.2, -0.15) is 5.10 Å². The van der Waals surface area contributed by atoms with Crippen LogP contribution in [0.25, 0.3) is 0 Å². The second-order valence-corrected chi connectivity index (χ2v) is 6.01. The maximum absolute atomic E-state index is 11.5. The Morgan fingerprint density at radius 2 is 2.35 bits per heavy atom. The molecule has 20 heavy (non-hydrogen) atoms. The van der Waals surface area contributed by atoms with E-state index in [2.05, 4.69) is 31.4 Å². The number of rotatable bonds is 4. The molecular formula is C12H10BrN3O3S. The normalized spacial score (nSPS) is 20.6. The van der Waals surface area contributed by atoms with Crippen LogP contribution in [0.4, 0.5) is 0 Å². The lowest BCUT2D eigenvalue weighted by molar-refractivity contribution is -0.138. The first kappa shape index (κ1) is 14.7. The second-order valence-electron chi connectivity index (χ2n) is 3.90. The minimum absolute atomic E-state index is 0.231. The molecule has 0 radical (unpaired) electrons. The molecule has 2 rings (SSSR count). The number of amides is 1. The van der Waals surface area contributed by atoms with Crippen molar-refractivity contribution in [3.63, 3.8) is 0 Å². The third-order valence-electron chi connectivity index (χ3n) is 2.34. The van der Waals surface area contributed by atoms with Gasteiger partial charge in [-0.3, -0.25) is 9.59 Å². The third-order valence-corrected chi connectivity index (χ3v) is 3.91. The van der Waals surface area contributed by atoms with Crippen molar-refractivity contribution in [2.24, 2.45) is 10.2 Å². The lowest BCUT2D eigenvalue weighted by atomic mass is 10.2. The summed E-state index contributed by atoms with van der Waals surface area (Å²) in [6.07, 6.45) is 1.32. The number of carboxylic acid groups (broad SMARTS) is 1. The highest BCUT2D eigenvalue weighted by molar-refractivity contribution is 9.10. The zero-order valence-corrected chi connectivity index (χ0v) is 12.5. The molecule has 0 saturated carbocycles. The monoisotopic (exact) mass is 355 g/mol. The number of aliphatic carboxylic acids is 1. The van der Waals surface area contributed by atoms with E-state index in [0.717, 1.165) is 21.8 Å². The van der Waals surface area contributed by atoms with Crippen LogP contribution in [0, 0.1) is 0 Å². The van der Waals surface area contributed by atoms with Gasteiger partial charge >= 0.3 is 5.97 Å². The number of hydrogen-bond donors (Lipinski definition) is 2. The first-order chi connectivity index (χ1) is 9.54. The van der Waals surface area contributed by atoms with E-state index in [-0.39, 0.29) is 12.3 Å². The average molecular weight is 356 g/mol. The van der Waals surface area contributed by atoms with Gasteiger partial charge < -0.3 is 10.4 Å². The van der Waals surface area contributed by atoms with Gasteiger partial charge in [0.2, 0.25) is 5.91 Å². The van der Waals surface area contributed by atoms with Crippen LogP contribution in [0.5, 0.6) is 0 Å². The summed E-state index contributed by atoms with van der Waals surface area (Å²) in [5, 5.41) is 18.6. The van der Waals surface area contributed by atoms with Crippen molar-refractivity contribution < 1.29 is 14.7 Å². The molecule has 1 fully saturated rings. The molecule has 2 N–H and O–H groups in total. The molecule has 1 aromatic rings. The molecule has 104 valence electrons. The minimum atomic E-state index is -1.02. The van der Waals surface area contributed by atoms with E-state index in [0.29, 0.717) is 5.17 Å². The lowest BCUT2D eigenvalue weighted by Gasteiger charge is -1.97. The summed E-state index contributed by atoms with van der Waals surface area (Å²) in [5.74, 6) is -1.37. The van der Waals surface area contributed by atoms with E-state index < -0.39 is 11.2 Å². The van der Waals surface area contributed by atoms with E-state index >= 15 is 0 Å². The van der Waals surface area contributed by atoms with Crippen LogP contribution in [0.15, 0.2) is 38.9 Å². The van der Waals surface area contributed by atoms with Crippen molar-refractivity contribution in [3.8, 4) is 0 Å². The Balaban J connectivity index is 1.99. The predicted molar refractivity (Wildman–Crippen MR) is 80.9 cm³/mol. The molecule has 1 aliphatic rings. The van der Waals surface area contributed by atoms with Crippen LogP contribution < -0.4 is 5.32 Å². The zero-order chi connectivity index (χ0) is 14.5. The van der Waals surface area contributed by atoms with E-state index in [9.17, 15) is 9.59 Å². The van der Waals surface area contributed by atoms with E-state index in [1.807, 2.05) is 24.3 Å². The minimum Gasteiger partial charge on any atom is -0.481 e. The molecule has 0 aliphatic carbocycles. The zero-order valence-electron chi connectivity index (χ0n) is 10.1. The number of carbonyl (C=O) groups excluding carboxylic acids is 1. The summed E-state index contributed by atoms with van der Waals surface area (Å²) in [6, 6.07) is 7.50. The summed E-state index contributed by atoms with van der Waals surface area (Å²) in [5.41, 5.74) is 0.861. The maximum atomic E-state index is 11.5. The van der Waals surface area contributed by atoms with Crippen molar-refractivity contribution in [2.45, 2.75) is 11.7 Å². The van der Waals surface area contributed by atoms with Crippen LogP contribution in [0.1, 0.15) is 12.0 Å². The number of carboxylic acids is 1. The number of nitrogens with one attached hydrogen (secondary N) is 1. The number of carbonyl (C=O) groups is 2. The van der Waals surface area contributed by atoms with E-state index in [4.69, 9.17) is 5.11 Å². The first-order valence-electron chi connectivity index (χ1n) is 5.60. The number of nitrogens with zero attached hydrogens (tertiary/aromatic N) is 2. The summed E-state index contributed by atoms with van der Waals surface area (Å²) >= 11 is 4.42. The molecule has 1 atom stereocenters. The molecule has 6 nitrogen and oxygen atoms in total. The average Bonchev–Trinajstić information content (AvgIpc) is 2.69. The molecule has 0 unspecified atom stereocenters. The van der Waals surface area contributed by atoms with Crippen LogP contribution in [-0.2, 0) is 9.59 Å². The van der Waals surface area contributed by atoms with E-state index in [1.54, 1.807) is 6.21 Å². The second kappa shape index (κ2) is 6.67. The van der Waals surface area contributed by atoms with Crippen molar-refractivity contribution in [3.05, 3.63) is 34.3 Å². The molecule has 1 aliphatic heterocycles. The highest BCUT2D eigenvalue weighted by Crippen LogP contribution is 2.22. The Labute approximate surface area is 127 Å². The van der Waals surface area contributed by atoms with Gasteiger partial charge in [0.1, 0.15) is 5.25 Å². The largest absolute Gasteiger partial charge is 0.481 e. The first-order valence-corrected chi connectivity index (χ1v) is 7.28. The highest BCUT2D eigenvalue weighted by Gasteiger charge is 2.32. The van der Waals surface area contributed by atoms with Crippen LogP contribution in [0.3, 0.4) is 0 Å². The molecule has 1 saturated heterocycles. The highest BCUT2D eigenvalue weighted by atomic mass is 79.9. The smallest absolute Gasteiger partial charge is 0.305 e. The van der Waals surface area contributed by atoms with Gasteiger partial charge in [-0.25, -0.2) is 0 Å². The predicted octanol–water partition coefficient (Wildman–Crippen LogP) is 1.85. The summed E-state index contributed by atoms with van der Waals surface area (Å²) in [7, 11) is 0. The summed E-state index contributed by atoms with van der Waals surface area (Å²) in [6.45, 7) is 0. The van der Waals surface area contributed by atoms with Crippen LogP contribution >= 0.6 is 27.7 Å². The molecule has 8 heteroatoms. The van der Waals surface area contributed by atoms with Crippen molar-refractivity contribution in [1.29, 1.82) is 0 Å². The van der Waals surface area contributed by atoms with Gasteiger partial charge in [-0.1, -0.05) is 39.8 Å². The lowest BCUT2D eigenvalue weighted by Crippen LogP contribution is -2.26. The topological polar surface area (TPSA) is 91.1 Å². The molecule has 0 bridgehead atoms. The van der Waals surface area contributed by atoms with E-state index in [1.165, 1.54) is 0 Å². The van der Waals surface area contributed by atoms with Gasteiger partial charge in [0, 0.05) is 4.47 Å². The standard InChI is InChI=1S/C12H10BrN3O3S/c13-8-3-1-2-7(4-8)6-14-16-12-15-11(19)9(20-12)5-10(17)18/h1-4,6,9H,5H2,(H,17,18)(H,15,16,19)/b14-6+/t9-/m1/s1. The Morgan fingerprint density at radius 1 is 1.55 bits per heavy atom.